The second-order valence-electron chi connectivity index (χ2n) is 7.56. The maximum atomic E-state index is 13.6. The fourth-order valence-corrected chi connectivity index (χ4v) is 5.66. The van der Waals surface area contributed by atoms with Crippen LogP contribution < -0.4 is 9.62 Å². The van der Waals surface area contributed by atoms with E-state index in [9.17, 15) is 18.3 Å². The average Bonchev–Trinajstić information content (AvgIpc) is 2.79. The van der Waals surface area contributed by atoms with Gasteiger partial charge in [-0.25, -0.2) is 8.42 Å². The van der Waals surface area contributed by atoms with Crippen LogP contribution in [0.3, 0.4) is 0 Å². The Morgan fingerprint density at radius 2 is 1.74 bits per heavy atom. The predicted molar refractivity (Wildman–Crippen MR) is 121 cm³/mol. The first-order valence-corrected chi connectivity index (χ1v) is 11.6. The Bertz CT molecular complexity index is 1210. The third-order valence-electron chi connectivity index (χ3n) is 5.39. The van der Waals surface area contributed by atoms with Gasteiger partial charge in [-0.2, -0.15) is 0 Å². The molecule has 6 nitrogen and oxygen atoms in total. The second kappa shape index (κ2) is 8.53. The molecule has 1 heterocycles. The van der Waals surface area contributed by atoms with Crippen LogP contribution in [0, 0.1) is 0 Å². The number of carbonyl (C=O) groups is 1. The quantitative estimate of drug-likeness (QED) is 0.630. The fourth-order valence-electron chi connectivity index (χ4n) is 3.85. The van der Waals surface area contributed by atoms with Crippen molar-refractivity contribution in [3.05, 3.63) is 89.5 Å². The van der Waals surface area contributed by atoms with Crippen molar-refractivity contribution in [3.8, 4) is 0 Å². The molecule has 0 bridgehead atoms. The minimum absolute atomic E-state index is 0.0388. The summed E-state index contributed by atoms with van der Waals surface area (Å²) in [5, 5.41) is 13.1. The van der Waals surface area contributed by atoms with E-state index in [0.717, 1.165) is 18.4 Å². The van der Waals surface area contributed by atoms with E-state index < -0.39 is 16.1 Å². The Balaban J connectivity index is 1.70. The molecule has 1 aliphatic rings. The Morgan fingerprint density at radius 1 is 1.03 bits per heavy atom. The first kappa shape index (κ1) is 21.1. The Hall–Kier alpha value is -3.16. The molecule has 1 aliphatic heterocycles. The number of sulfonamides is 1. The van der Waals surface area contributed by atoms with Gasteiger partial charge in [-0.3, -0.25) is 9.10 Å². The molecule has 2 N–H and O–H groups in total. The number of fused-ring (bicyclic) bond motifs is 1. The van der Waals surface area contributed by atoms with Crippen LogP contribution in [-0.4, -0.2) is 26.0 Å². The lowest BCUT2D eigenvalue weighted by Gasteiger charge is -2.31. The normalized spacial score (nSPS) is 14.6. The molecule has 0 fully saturated rings. The van der Waals surface area contributed by atoms with Crippen molar-refractivity contribution < 1.29 is 18.3 Å². The maximum Gasteiger partial charge on any atom is 0.264 e. The van der Waals surface area contributed by atoms with Crippen LogP contribution in [0.2, 0.25) is 0 Å². The number of carbonyl (C=O) groups excluding carboxylic acids is 1. The lowest BCUT2D eigenvalue weighted by molar-refractivity contribution is 0.102. The van der Waals surface area contributed by atoms with Crippen molar-refractivity contribution >= 4 is 27.3 Å². The molecule has 1 unspecified atom stereocenters. The smallest absolute Gasteiger partial charge is 0.264 e. The van der Waals surface area contributed by atoms with E-state index in [1.807, 2.05) is 30.3 Å². The third-order valence-corrected chi connectivity index (χ3v) is 7.28. The number of anilines is 2. The minimum atomic E-state index is -3.89. The molecule has 0 radical (unpaired) electrons. The minimum Gasteiger partial charge on any atom is -0.389 e. The van der Waals surface area contributed by atoms with Crippen molar-refractivity contribution in [2.75, 3.05) is 16.2 Å². The van der Waals surface area contributed by atoms with Gasteiger partial charge in [0.15, 0.2) is 0 Å². The van der Waals surface area contributed by atoms with Crippen LogP contribution >= 0.6 is 0 Å². The predicted octanol–water partition coefficient (Wildman–Crippen LogP) is 4.13. The van der Waals surface area contributed by atoms with Crippen LogP contribution in [0.15, 0.2) is 77.7 Å². The van der Waals surface area contributed by atoms with Crippen molar-refractivity contribution in [2.24, 2.45) is 0 Å². The number of hydrogen-bond donors (Lipinski definition) is 2. The monoisotopic (exact) mass is 436 g/mol. The molecule has 31 heavy (non-hydrogen) atoms. The van der Waals surface area contributed by atoms with Gasteiger partial charge in [0.25, 0.3) is 15.9 Å². The zero-order chi connectivity index (χ0) is 22.0. The molecule has 1 atom stereocenters. The molecule has 3 aromatic carbocycles. The van der Waals surface area contributed by atoms with Gasteiger partial charge < -0.3 is 10.4 Å². The SMILES string of the molecule is CC(O)c1cc(NC(=O)c2ccccc2)ccc1S(=O)(=O)N1CCCc2ccccc21. The van der Waals surface area contributed by atoms with Gasteiger partial charge in [0, 0.05) is 23.4 Å². The number of amides is 1. The molecule has 4 rings (SSSR count). The summed E-state index contributed by atoms with van der Waals surface area (Å²) in [5.41, 5.74) is 2.81. The highest BCUT2D eigenvalue weighted by Crippen LogP contribution is 2.35. The molecular formula is C24H24N2O4S. The van der Waals surface area contributed by atoms with E-state index in [1.165, 1.54) is 23.4 Å². The standard InChI is InChI=1S/C24H24N2O4S/c1-17(27)21-16-20(25-24(28)19-9-3-2-4-10-19)13-14-23(21)31(29,30)26-15-7-11-18-8-5-6-12-22(18)26/h2-6,8-10,12-14,16-17,27H,7,11,15H2,1H3,(H,25,28). The van der Waals surface area contributed by atoms with Gasteiger partial charge in [0.1, 0.15) is 0 Å². The zero-order valence-corrected chi connectivity index (χ0v) is 18.0. The highest BCUT2D eigenvalue weighted by molar-refractivity contribution is 7.92. The van der Waals surface area contributed by atoms with E-state index in [1.54, 1.807) is 30.3 Å². The second-order valence-corrected chi connectivity index (χ2v) is 9.39. The summed E-state index contributed by atoms with van der Waals surface area (Å²) in [6.07, 6.45) is 0.528. The van der Waals surface area contributed by atoms with Gasteiger partial charge >= 0.3 is 0 Å². The third kappa shape index (κ3) is 4.19. The Kier molecular flexibility index (Phi) is 5.80. The highest BCUT2D eigenvalue weighted by atomic mass is 32.2. The van der Waals surface area contributed by atoms with E-state index >= 15 is 0 Å². The van der Waals surface area contributed by atoms with Crippen LogP contribution in [0.4, 0.5) is 11.4 Å². The van der Waals surface area contributed by atoms with Gasteiger partial charge in [-0.05, 0) is 61.7 Å². The molecule has 0 spiro atoms. The van der Waals surface area contributed by atoms with Gasteiger partial charge in [0.2, 0.25) is 0 Å². The van der Waals surface area contributed by atoms with Crippen molar-refractivity contribution in [3.63, 3.8) is 0 Å². The van der Waals surface area contributed by atoms with Gasteiger partial charge in [0.05, 0.1) is 16.7 Å². The summed E-state index contributed by atoms with van der Waals surface area (Å²) in [4.78, 5) is 12.5. The number of para-hydroxylation sites is 1. The van der Waals surface area contributed by atoms with Gasteiger partial charge in [-0.15, -0.1) is 0 Å². The molecule has 0 saturated carbocycles. The van der Waals surface area contributed by atoms with Crippen LogP contribution in [0.25, 0.3) is 0 Å². The Morgan fingerprint density at radius 3 is 2.48 bits per heavy atom. The topological polar surface area (TPSA) is 86.7 Å². The van der Waals surface area contributed by atoms with Crippen molar-refractivity contribution in [2.45, 2.75) is 30.8 Å². The lowest BCUT2D eigenvalue weighted by Crippen LogP contribution is -2.36. The summed E-state index contributed by atoms with van der Waals surface area (Å²) in [6.45, 7) is 1.90. The van der Waals surface area contributed by atoms with Crippen molar-refractivity contribution in [1.29, 1.82) is 0 Å². The summed E-state index contributed by atoms with van der Waals surface area (Å²) in [6, 6.07) is 20.7. The molecule has 0 saturated heterocycles. The van der Waals surface area contributed by atoms with Crippen LogP contribution in [0.5, 0.6) is 0 Å². The van der Waals surface area contributed by atoms with E-state index in [0.29, 0.717) is 23.5 Å². The van der Waals surface area contributed by atoms with Crippen molar-refractivity contribution in [1.82, 2.24) is 0 Å². The average molecular weight is 437 g/mol. The number of hydrogen-bond acceptors (Lipinski definition) is 4. The molecule has 160 valence electrons. The zero-order valence-electron chi connectivity index (χ0n) is 17.2. The number of rotatable bonds is 5. The molecule has 0 aromatic heterocycles. The first-order chi connectivity index (χ1) is 14.9. The molecule has 3 aromatic rings. The first-order valence-electron chi connectivity index (χ1n) is 10.2. The molecule has 7 heteroatoms. The van der Waals surface area contributed by atoms with E-state index in [4.69, 9.17) is 0 Å². The highest BCUT2D eigenvalue weighted by Gasteiger charge is 2.31. The fraction of sp³-hybridized carbons (Fsp3) is 0.208. The van der Waals surface area contributed by atoms with Crippen LogP contribution in [0.1, 0.15) is 40.9 Å². The van der Waals surface area contributed by atoms with Gasteiger partial charge in [-0.1, -0.05) is 36.4 Å². The summed E-state index contributed by atoms with van der Waals surface area (Å²) < 4.78 is 28.5. The lowest BCUT2D eigenvalue weighted by atomic mass is 10.0. The number of nitrogens with one attached hydrogen (secondary N) is 1. The number of aryl methyl sites for hydroxylation is 1. The van der Waals surface area contributed by atoms with Crippen LogP contribution in [-0.2, 0) is 16.4 Å². The summed E-state index contributed by atoms with van der Waals surface area (Å²) >= 11 is 0. The number of benzene rings is 3. The maximum absolute atomic E-state index is 13.6. The summed E-state index contributed by atoms with van der Waals surface area (Å²) in [7, 11) is -3.89. The number of aliphatic hydroxyl groups excluding tert-OH is 1. The van der Waals surface area contributed by atoms with E-state index in [2.05, 4.69) is 5.32 Å². The molecular weight excluding hydrogens is 412 g/mol. The molecule has 0 aliphatic carbocycles. The largest absolute Gasteiger partial charge is 0.389 e. The molecule has 1 amide bonds. The van der Waals surface area contributed by atoms with E-state index in [-0.39, 0.29) is 16.4 Å². The number of nitrogens with zero attached hydrogens (tertiary/aromatic N) is 1. The summed E-state index contributed by atoms with van der Waals surface area (Å²) in [5.74, 6) is -0.308. The number of aliphatic hydroxyl groups is 1. The Labute approximate surface area is 182 Å².